The summed E-state index contributed by atoms with van der Waals surface area (Å²) in [6, 6.07) is 9.66. The van der Waals surface area contributed by atoms with Crippen molar-refractivity contribution in [1.82, 2.24) is 0 Å². The third-order valence-electron chi connectivity index (χ3n) is 1.20. The van der Waals surface area contributed by atoms with Crippen molar-refractivity contribution in [3.63, 3.8) is 0 Å². The van der Waals surface area contributed by atoms with Crippen molar-refractivity contribution in [2.24, 2.45) is 0 Å². The number of nitriles is 1. The van der Waals surface area contributed by atoms with Crippen LogP contribution in [0.15, 0.2) is 29.2 Å². The average molecular weight is 179 g/mol. The van der Waals surface area contributed by atoms with E-state index in [1.807, 2.05) is 38.3 Å². The fourth-order valence-corrected chi connectivity index (χ4v) is 1.15. The van der Waals surface area contributed by atoms with Gasteiger partial charge in [0, 0.05) is 4.90 Å². The first kappa shape index (κ1) is 11.1. The monoisotopic (exact) mass is 179 g/mol. The van der Waals surface area contributed by atoms with Crippen LogP contribution in [-0.4, -0.2) is 6.26 Å². The zero-order valence-corrected chi connectivity index (χ0v) is 8.48. The number of rotatable bonds is 1. The topological polar surface area (TPSA) is 23.8 Å². The molecule has 1 nitrogen and oxygen atoms in total. The minimum absolute atomic E-state index is 0.729. The molecule has 0 spiro atoms. The molecule has 12 heavy (non-hydrogen) atoms. The zero-order valence-electron chi connectivity index (χ0n) is 7.66. The first-order valence-electron chi connectivity index (χ1n) is 3.91. The van der Waals surface area contributed by atoms with Gasteiger partial charge in [-0.15, -0.1) is 11.8 Å². The highest BCUT2D eigenvalue weighted by molar-refractivity contribution is 7.98. The van der Waals surface area contributed by atoms with Crippen LogP contribution in [0.25, 0.3) is 0 Å². The Labute approximate surface area is 78.4 Å². The van der Waals surface area contributed by atoms with Crippen LogP contribution in [0.1, 0.15) is 19.4 Å². The molecule has 2 heteroatoms. The highest BCUT2D eigenvalue weighted by Gasteiger charge is 1.90. The second-order valence-corrected chi connectivity index (χ2v) is 2.72. The molecule has 0 aliphatic heterocycles. The zero-order chi connectivity index (χ0) is 9.40. The molecule has 0 N–H and O–H groups in total. The van der Waals surface area contributed by atoms with Crippen LogP contribution in [0.5, 0.6) is 0 Å². The van der Waals surface area contributed by atoms with Gasteiger partial charge in [-0.25, -0.2) is 0 Å². The third kappa shape index (κ3) is 3.45. The van der Waals surface area contributed by atoms with Crippen molar-refractivity contribution in [1.29, 1.82) is 5.26 Å². The van der Waals surface area contributed by atoms with Gasteiger partial charge in [-0.05, 0) is 24.5 Å². The minimum atomic E-state index is 0.729. The van der Waals surface area contributed by atoms with E-state index in [0.29, 0.717) is 0 Å². The van der Waals surface area contributed by atoms with Gasteiger partial charge in [-0.1, -0.05) is 19.9 Å². The number of thioether (sulfide) groups is 1. The van der Waals surface area contributed by atoms with Gasteiger partial charge in [0.2, 0.25) is 0 Å². The minimum Gasteiger partial charge on any atom is -0.192 e. The summed E-state index contributed by atoms with van der Waals surface area (Å²) in [5, 5.41) is 8.50. The lowest BCUT2D eigenvalue weighted by Crippen LogP contribution is -1.73. The van der Waals surface area contributed by atoms with Gasteiger partial charge in [-0.2, -0.15) is 5.26 Å². The fourth-order valence-electron chi connectivity index (χ4n) is 0.693. The first-order valence-corrected chi connectivity index (χ1v) is 5.13. The summed E-state index contributed by atoms with van der Waals surface area (Å²) in [6.45, 7) is 4.00. The molecule has 1 rings (SSSR count). The molecule has 0 aromatic heterocycles. The molecule has 0 aliphatic carbocycles. The molecule has 0 bridgehead atoms. The van der Waals surface area contributed by atoms with Gasteiger partial charge in [0.25, 0.3) is 0 Å². The molecule has 0 heterocycles. The first-order chi connectivity index (χ1) is 5.86. The summed E-state index contributed by atoms with van der Waals surface area (Å²) in [7, 11) is 0. The van der Waals surface area contributed by atoms with Crippen LogP contribution < -0.4 is 0 Å². The van der Waals surface area contributed by atoms with Gasteiger partial charge >= 0.3 is 0 Å². The van der Waals surface area contributed by atoms with E-state index in [-0.39, 0.29) is 0 Å². The molecule has 0 fully saturated rings. The summed E-state index contributed by atoms with van der Waals surface area (Å²) in [5.41, 5.74) is 0.729. The SMILES string of the molecule is CC.CSc1cccc(C#N)c1. The van der Waals surface area contributed by atoms with Crippen molar-refractivity contribution >= 4 is 11.8 Å². The molecule has 0 amide bonds. The molecular formula is C10H13NS. The Balaban J connectivity index is 0.000000561. The number of benzene rings is 1. The second kappa shape index (κ2) is 6.75. The van der Waals surface area contributed by atoms with E-state index in [4.69, 9.17) is 5.26 Å². The van der Waals surface area contributed by atoms with Gasteiger partial charge in [-0.3, -0.25) is 0 Å². The third-order valence-corrected chi connectivity index (χ3v) is 1.92. The molecule has 64 valence electrons. The molecular weight excluding hydrogens is 166 g/mol. The Morgan fingerprint density at radius 1 is 1.33 bits per heavy atom. The molecule has 0 saturated heterocycles. The van der Waals surface area contributed by atoms with Crippen LogP contribution in [0.2, 0.25) is 0 Å². The van der Waals surface area contributed by atoms with Crippen molar-refractivity contribution in [2.75, 3.05) is 6.26 Å². The van der Waals surface area contributed by atoms with Crippen LogP contribution in [0, 0.1) is 11.3 Å². The Hall–Kier alpha value is -0.940. The van der Waals surface area contributed by atoms with E-state index in [0.717, 1.165) is 10.5 Å². The largest absolute Gasteiger partial charge is 0.192 e. The van der Waals surface area contributed by atoms with E-state index >= 15 is 0 Å². The molecule has 1 aromatic rings. The number of hydrogen-bond acceptors (Lipinski definition) is 2. The van der Waals surface area contributed by atoms with Crippen molar-refractivity contribution in [2.45, 2.75) is 18.7 Å². The fraction of sp³-hybridized carbons (Fsp3) is 0.300. The molecule has 0 atom stereocenters. The molecule has 1 aromatic carbocycles. The van der Waals surface area contributed by atoms with Gasteiger partial charge < -0.3 is 0 Å². The lowest BCUT2D eigenvalue weighted by molar-refractivity contribution is 1.41. The predicted molar refractivity (Wildman–Crippen MR) is 54.3 cm³/mol. The van der Waals surface area contributed by atoms with E-state index in [2.05, 4.69) is 6.07 Å². The van der Waals surface area contributed by atoms with Crippen LogP contribution in [0.3, 0.4) is 0 Å². The smallest absolute Gasteiger partial charge is 0.0992 e. The van der Waals surface area contributed by atoms with E-state index < -0.39 is 0 Å². The van der Waals surface area contributed by atoms with E-state index in [1.165, 1.54) is 0 Å². The summed E-state index contributed by atoms with van der Waals surface area (Å²) in [6.07, 6.45) is 2.00. The standard InChI is InChI=1S/C8H7NS.C2H6/c1-10-8-4-2-3-7(5-8)6-9;1-2/h2-5H,1H3;1-2H3. The molecule has 0 unspecified atom stereocenters. The van der Waals surface area contributed by atoms with Crippen LogP contribution >= 0.6 is 11.8 Å². The Kier molecular flexibility index (Phi) is 6.22. The quantitative estimate of drug-likeness (QED) is 0.617. The van der Waals surface area contributed by atoms with E-state index in [1.54, 1.807) is 17.8 Å². The lowest BCUT2D eigenvalue weighted by atomic mass is 10.2. The summed E-state index contributed by atoms with van der Waals surface area (Å²) >= 11 is 1.65. The lowest BCUT2D eigenvalue weighted by Gasteiger charge is -1.93. The van der Waals surface area contributed by atoms with Crippen molar-refractivity contribution < 1.29 is 0 Å². The van der Waals surface area contributed by atoms with Gasteiger partial charge in [0.15, 0.2) is 0 Å². The maximum atomic E-state index is 8.50. The van der Waals surface area contributed by atoms with Gasteiger partial charge in [0.1, 0.15) is 0 Å². The predicted octanol–water partition coefficient (Wildman–Crippen LogP) is 3.31. The number of nitrogens with zero attached hydrogens (tertiary/aromatic N) is 1. The highest BCUT2D eigenvalue weighted by Crippen LogP contribution is 2.14. The highest BCUT2D eigenvalue weighted by atomic mass is 32.2. The van der Waals surface area contributed by atoms with Crippen LogP contribution in [-0.2, 0) is 0 Å². The van der Waals surface area contributed by atoms with Gasteiger partial charge in [0.05, 0.1) is 11.6 Å². The molecule has 0 aliphatic rings. The van der Waals surface area contributed by atoms with Crippen LogP contribution in [0.4, 0.5) is 0 Å². The summed E-state index contributed by atoms with van der Waals surface area (Å²) in [4.78, 5) is 1.14. The Morgan fingerprint density at radius 2 is 2.00 bits per heavy atom. The summed E-state index contributed by atoms with van der Waals surface area (Å²) in [5.74, 6) is 0. The summed E-state index contributed by atoms with van der Waals surface area (Å²) < 4.78 is 0. The maximum Gasteiger partial charge on any atom is 0.0992 e. The van der Waals surface area contributed by atoms with Crippen molar-refractivity contribution in [3.8, 4) is 6.07 Å². The second-order valence-electron chi connectivity index (χ2n) is 1.84. The molecule has 0 saturated carbocycles. The Morgan fingerprint density at radius 3 is 2.50 bits per heavy atom. The van der Waals surface area contributed by atoms with Crippen molar-refractivity contribution in [3.05, 3.63) is 29.8 Å². The molecule has 0 radical (unpaired) electrons. The maximum absolute atomic E-state index is 8.50. The Bertz CT molecular complexity index is 263. The average Bonchev–Trinajstić information content (AvgIpc) is 2.21. The number of hydrogen-bond donors (Lipinski definition) is 0. The van der Waals surface area contributed by atoms with E-state index in [9.17, 15) is 0 Å². The normalized spacial score (nSPS) is 7.83.